The van der Waals surface area contributed by atoms with Crippen molar-refractivity contribution in [3.8, 4) is 0 Å². The maximum Gasteiger partial charge on any atom is 0.205 e. The number of rotatable bonds is 4. The van der Waals surface area contributed by atoms with Crippen LogP contribution in [0.4, 0.5) is 17.1 Å². The number of carbonyl (C=O) groups excluding carboxylic acids is 1. The monoisotopic (exact) mass is 354 g/mol. The molecule has 2 aromatic carbocycles. The Hall–Kier alpha value is -3.60. The maximum atomic E-state index is 12.2. The highest BCUT2D eigenvalue weighted by molar-refractivity contribution is 6.50. The fraction of sp³-hybridized carbons (Fsp3) is 0.0909. The fourth-order valence-corrected chi connectivity index (χ4v) is 2.95. The highest BCUT2D eigenvalue weighted by atomic mass is 16.1. The highest BCUT2D eigenvalue weighted by Gasteiger charge is 2.25. The number of ketones is 1. The number of nitrogens with zero attached hydrogens (tertiary/aromatic N) is 3. The lowest BCUT2D eigenvalue weighted by Gasteiger charge is -2.21. The van der Waals surface area contributed by atoms with Gasteiger partial charge in [0.1, 0.15) is 5.71 Å². The molecule has 2 aliphatic rings. The average Bonchev–Trinajstić information content (AvgIpc) is 2.73. The van der Waals surface area contributed by atoms with Crippen molar-refractivity contribution in [2.45, 2.75) is 6.42 Å². The molecule has 5 nitrogen and oxygen atoms in total. The van der Waals surface area contributed by atoms with Gasteiger partial charge in [-0.25, -0.2) is 0 Å². The van der Waals surface area contributed by atoms with Crippen LogP contribution in [0.1, 0.15) is 6.42 Å². The summed E-state index contributed by atoms with van der Waals surface area (Å²) in [6, 6.07) is 17.0. The van der Waals surface area contributed by atoms with E-state index in [2.05, 4.69) is 39.0 Å². The molecule has 27 heavy (non-hydrogen) atoms. The van der Waals surface area contributed by atoms with Crippen LogP contribution in [0.5, 0.6) is 0 Å². The van der Waals surface area contributed by atoms with Crippen LogP contribution in [0.2, 0.25) is 0 Å². The topological polar surface area (TPSA) is 66.2 Å². The molecule has 0 aromatic heterocycles. The van der Waals surface area contributed by atoms with Gasteiger partial charge in [-0.15, -0.1) is 0 Å². The molecule has 5 heteroatoms. The summed E-state index contributed by atoms with van der Waals surface area (Å²) < 4.78 is 0. The summed E-state index contributed by atoms with van der Waals surface area (Å²) in [6.45, 7) is 0. The number of benzene rings is 2. The van der Waals surface area contributed by atoms with Crippen molar-refractivity contribution < 1.29 is 4.79 Å². The number of azo groups is 1. The Bertz CT molecular complexity index is 983. The first kappa shape index (κ1) is 16.8. The van der Waals surface area contributed by atoms with Gasteiger partial charge in [-0.2, -0.15) is 15.3 Å². The zero-order valence-corrected chi connectivity index (χ0v) is 14.6. The molecular formula is C22H18N4O. The van der Waals surface area contributed by atoms with E-state index in [4.69, 9.17) is 0 Å². The first-order valence-corrected chi connectivity index (χ1v) is 8.80. The largest absolute Gasteiger partial charge is 0.287 e. The average molecular weight is 354 g/mol. The van der Waals surface area contributed by atoms with E-state index < -0.39 is 0 Å². The molecule has 132 valence electrons. The summed E-state index contributed by atoms with van der Waals surface area (Å²) in [4.78, 5) is 12.2. The molecule has 0 amide bonds. The van der Waals surface area contributed by atoms with Crippen LogP contribution in [-0.4, -0.2) is 11.5 Å². The van der Waals surface area contributed by atoms with Gasteiger partial charge in [-0.05, 0) is 54.5 Å². The predicted molar refractivity (Wildman–Crippen MR) is 108 cm³/mol. The minimum atomic E-state index is -0.0754. The van der Waals surface area contributed by atoms with Gasteiger partial charge in [0, 0.05) is 5.92 Å². The molecule has 1 atom stereocenters. The quantitative estimate of drug-likeness (QED) is 0.447. The minimum absolute atomic E-state index is 0.0754. The third-order valence-corrected chi connectivity index (χ3v) is 4.34. The van der Waals surface area contributed by atoms with Gasteiger partial charge in [0.05, 0.1) is 17.1 Å². The van der Waals surface area contributed by atoms with Crippen molar-refractivity contribution in [1.29, 1.82) is 0 Å². The highest BCUT2D eigenvalue weighted by Crippen LogP contribution is 2.26. The number of hydrazone groups is 1. The molecule has 0 saturated heterocycles. The number of allylic oxidation sites excluding steroid dienone is 6. The predicted octanol–water partition coefficient (Wildman–Crippen LogP) is 5.51. The summed E-state index contributed by atoms with van der Waals surface area (Å²) in [6.07, 6.45) is 10.6. The van der Waals surface area contributed by atoms with Gasteiger partial charge in [-0.1, -0.05) is 42.5 Å². The Labute approximate surface area is 157 Å². The lowest BCUT2D eigenvalue weighted by atomic mass is 9.84. The molecule has 4 rings (SSSR count). The van der Waals surface area contributed by atoms with Crippen molar-refractivity contribution in [3.63, 3.8) is 0 Å². The summed E-state index contributed by atoms with van der Waals surface area (Å²) in [5, 5.41) is 12.8. The lowest BCUT2D eigenvalue weighted by molar-refractivity contribution is -0.109. The van der Waals surface area contributed by atoms with Gasteiger partial charge >= 0.3 is 0 Å². The summed E-state index contributed by atoms with van der Waals surface area (Å²) in [7, 11) is 0. The Morgan fingerprint density at radius 1 is 0.889 bits per heavy atom. The second-order valence-electron chi connectivity index (χ2n) is 6.23. The van der Waals surface area contributed by atoms with E-state index >= 15 is 0 Å². The van der Waals surface area contributed by atoms with Crippen LogP contribution in [-0.2, 0) is 4.79 Å². The van der Waals surface area contributed by atoms with E-state index in [1.165, 1.54) is 0 Å². The number of nitrogens with one attached hydrogen (secondary N) is 1. The standard InChI is InChI=1S/C22H18N4O/c27-21-15-10-16-6-4-5-9-20(16)22(21)26-25-19-13-11-18(12-14-19)24-23-17-7-2-1-3-8-17/h1-4,6-16,25H,5H2/b24-23?,26-22+. The van der Waals surface area contributed by atoms with Crippen molar-refractivity contribution in [1.82, 2.24) is 0 Å². The Kier molecular flexibility index (Phi) is 4.83. The number of fused-ring (bicyclic) bond motifs is 1. The lowest BCUT2D eigenvalue weighted by Crippen LogP contribution is -2.25. The van der Waals surface area contributed by atoms with E-state index in [0.717, 1.165) is 29.1 Å². The van der Waals surface area contributed by atoms with E-state index in [-0.39, 0.29) is 11.7 Å². The van der Waals surface area contributed by atoms with E-state index in [9.17, 15) is 4.79 Å². The Balaban J connectivity index is 1.46. The van der Waals surface area contributed by atoms with Crippen molar-refractivity contribution in [2.75, 3.05) is 5.43 Å². The molecule has 0 bridgehead atoms. The molecule has 1 N–H and O–H groups in total. The van der Waals surface area contributed by atoms with Crippen LogP contribution in [0, 0.1) is 5.92 Å². The minimum Gasteiger partial charge on any atom is -0.287 e. The molecule has 0 radical (unpaired) electrons. The zero-order valence-electron chi connectivity index (χ0n) is 14.6. The van der Waals surface area contributed by atoms with Gasteiger partial charge in [0.15, 0.2) is 0 Å². The summed E-state index contributed by atoms with van der Waals surface area (Å²) in [5.74, 6) is 0.0614. The van der Waals surface area contributed by atoms with Gasteiger partial charge in [0.2, 0.25) is 5.78 Å². The molecule has 0 spiro atoms. The van der Waals surface area contributed by atoms with Gasteiger partial charge < -0.3 is 0 Å². The van der Waals surface area contributed by atoms with Crippen LogP contribution < -0.4 is 5.43 Å². The summed E-state index contributed by atoms with van der Waals surface area (Å²) in [5.41, 5.74) is 6.74. The third-order valence-electron chi connectivity index (χ3n) is 4.34. The molecule has 2 aliphatic carbocycles. The Morgan fingerprint density at radius 3 is 2.41 bits per heavy atom. The second kappa shape index (κ2) is 7.74. The number of hydrogen-bond donors (Lipinski definition) is 1. The van der Waals surface area contributed by atoms with Gasteiger partial charge in [0.25, 0.3) is 0 Å². The van der Waals surface area contributed by atoms with Crippen LogP contribution in [0.3, 0.4) is 0 Å². The van der Waals surface area contributed by atoms with Crippen molar-refractivity contribution in [2.24, 2.45) is 21.2 Å². The molecule has 0 fully saturated rings. The molecular weight excluding hydrogens is 336 g/mol. The first-order chi connectivity index (χ1) is 13.3. The smallest absolute Gasteiger partial charge is 0.205 e. The normalized spacial score (nSPS) is 20.0. The number of anilines is 1. The van der Waals surface area contributed by atoms with E-state index in [1.807, 2.05) is 60.7 Å². The number of carbonyl (C=O) groups is 1. The second-order valence-corrected chi connectivity index (χ2v) is 6.23. The van der Waals surface area contributed by atoms with Crippen molar-refractivity contribution >= 4 is 28.6 Å². The fourth-order valence-electron chi connectivity index (χ4n) is 2.95. The molecule has 0 aliphatic heterocycles. The zero-order chi connectivity index (χ0) is 18.5. The third kappa shape index (κ3) is 3.98. The number of hydrogen-bond acceptors (Lipinski definition) is 5. The SMILES string of the molecule is O=C1C=CC2C=CCC=C2/C1=N\Nc1ccc(N=Nc2ccccc2)cc1. The van der Waals surface area contributed by atoms with Crippen LogP contribution >= 0.6 is 0 Å². The van der Waals surface area contributed by atoms with E-state index in [0.29, 0.717) is 5.71 Å². The van der Waals surface area contributed by atoms with Crippen LogP contribution in [0.15, 0.2) is 106 Å². The summed E-state index contributed by atoms with van der Waals surface area (Å²) >= 11 is 0. The van der Waals surface area contributed by atoms with Crippen LogP contribution in [0.25, 0.3) is 0 Å². The van der Waals surface area contributed by atoms with Gasteiger partial charge in [-0.3, -0.25) is 10.2 Å². The molecule has 0 heterocycles. The van der Waals surface area contributed by atoms with Crippen molar-refractivity contribution in [3.05, 3.63) is 90.6 Å². The molecule has 0 saturated carbocycles. The first-order valence-electron chi connectivity index (χ1n) is 8.80. The maximum absolute atomic E-state index is 12.2. The molecule has 2 aromatic rings. The molecule has 1 unspecified atom stereocenters. The van der Waals surface area contributed by atoms with E-state index in [1.54, 1.807) is 6.08 Å². The Morgan fingerprint density at radius 2 is 1.63 bits per heavy atom.